The Bertz CT molecular complexity index is 1220. The SMILES string of the molecule is Cn1ccnc1C(NC(=O)c1ccc(-c2cccc(F)c2)nc1)c1c(F)cccc1F. The number of hydrogen-bond acceptors (Lipinski definition) is 3. The van der Waals surface area contributed by atoms with Crippen molar-refractivity contribution in [3.05, 3.63) is 108 Å². The standard InChI is InChI=1S/C23H17F3N4O/c1-30-11-10-27-22(30)21(20-17(25)6-3-7-18(20)26)29-23(31)15-8-9-19(28-13-15)14-4-2-5-16(24)12-14/h2-13,21H,1H3,(H,29,31). The second-order valence-corrected chi connectivity index (χ2v) is 6.88. The van der Waals surface area contributed by atoms with Crippen molar-refractivity contribution in [1.82, 2.24) is 19.9 Å². The monoisotopic (exact) mass is 422 g/mol. The number of carbonyl (C=O) groups is 1. The van der Waals surface area contributed by atoms with E-state index in [0.717, 1.165) is 12.1 Å². The molecule has 2 heterocycles. The fourth-order valence-electron chi connectivity index (χ4n) is 3.27. The van der Waals surface area contributed by atoms with Crippen molar-refractivity contribution in [3.8, 4) is 11.3 Å². The van der Waals surface area contributed by atoms with Gasteiger partial charge in [-0.25, -0.2) is 18.2 Å². The number of carbonyl (C=O) groups excluding carboxylic acids is 1. The molecule has 31 heavy (non-hydrogen) atoms. The smallest absolute Gasteiger partial charge is 0.253 e. The number of nitrogens with one attached hydrogen (secondary N) is 1. The van der Waals surface area contributed by atoms with Gasteiger partial charge in [0.15, 0.2) is 0 Å². The number of aryl methyl sites for hydroxylation is 1. The third-order valence-corrected chi connectivity index (χ3v) is 4.83. The van der Waals surface area contributed by atoms with E-state index in [1.165, 1.54) is 36.7 Å². The summed E-state index contributed by atoms with van der Waals surface area (Å²) in [6.45, 7) is 0. The molecular weight excluding hydrogens is 405 g/mol. The van der Waals surface area contributed by atoms with E-state index in [2.05, 4.69) is 15.3 Å². The maximum absolute atomic E-state index is 14.5. The first kappa shape index (κ1) is 20.3. The molecule has 0 saturated carbocycles. The maximum atomic E-state index is 14.5. The minimum absolute atomic E-state index is 0.177. The molecule has 0 fully saturated rings. The highest BCUT2D eigenvalue weighted by molar-refractivity contribution is 5.94. The largest absolute Gasteiger partial charge is 0.338 e. The average Bonchev–Trinajstić information content (AvgIpc) is 3.18. The van der Waals surface area contributed by atoms with Crippen LogP contribution >= 0.6 is 0 Å². The highest BCUT2D eigenvalue weighted by atomic mass is 19.1. The highest BCUT2D eigenvalue weighted by Crippen LogP contribution is 2.26. The molecule has 1 amide bonds. The number of amides is 1. The fraction of sp³-hybridized carbons (Fsp3) is 0.0870. The summed E-state index contributed by atoms with van der Waals surface area (Å²) in [5.74, 6) is -2.32. The molecule has 0 aliphatic carbocycles. The number of imidazole rings is 1. The lowest BCUT2D eigenvalue weighted by Crippen LogP contribution is -2.32. The van der Waals surface area contributed by atoms with Crippen molar-refractivity contribution in [3.63, 3.8) is 0 Å². The molecule has 0 spiro atoms. The minimum atomic E-state index is -1.16. The number of pyridine rings is 1. The van der Waals surface area contributed by atoms with Gasteiger partial charge in [-0.15, -0.1) is 0 Å². The van der Waals surface area contributed by atoms with Gasteiger partial charge < -0.3 is 9.88 Å². The summed E-state index contributed by atoms with van der Waals surface area (Å²) < 4.78 is 44.0. The number of aromatic nitrogens is 3. The van der Waals surface area contributed by atoms with Crippen LogP contribution in [0.15, 0.2) is 73.2 Å². The topological polar surface area (TPSA) is 59.8 Å². The quantitative estimate of drug-likeness (QED) is 0.518. The number of halogens is 3. The Labute approximate surface area is 176 Å². The van der Waals surface area contributed by atoms with Crippen molar-refractivity contribution >= 4 is 5.91 Å². The summed E-state index contributed by atoms with van der Waals surface area (Å²) >= 11 is 0. The molecule has 4 aromatic rings. The van der Waals surface area contributed by atoms with Crippen LogP contribution in [0.3, 0.4) is 0 Å². The zero-order valence-corrected chi connectivity index (χ0v) is 16.4. The van der Waals surface area contributed by atoms with Crippen LogP contribution in [0.5, 0.6) is 0 Å². The molecule has 5 nitrogen and oxygen atoms in total. The summed E-state index contributed by atoms with van der Waals surface area (Å²) in [7, 11) is 1.66. The molecule has 1 atom stereocenters. The molecule has 156 valence electrons. The van der Waals surface area contributed by atoms with Crippen LogP contribution in [-0.2, 0) is 7.05 Å². The third-order valence-electron chi connectivity index (χ3n) is 4.83. The lowest BCUT2D eigenvalue weighted by atomic mass is 10.0. The van der Waals surface area contributed by atoms with Crippen LogP contribution in [0, 0.1) is 17.5 Å². The van der Waals surface area contributed by atoms with Gasteiger partial charge in [-0.2, -0.15) is 0 Å². The van der Waals surface area contributed by atoms with Crippen LogP contribution in [0.1, 0.15) is 27.8 Å². The molecule has 4 rings (SSSR count). The van der Waals surface area contributed by atoms with E-state index in [0.29, 0.717) is 11.3 Å². The summed E-state index contributed by atoms with van der Waals surface area (Å²) in [5.41, 5.74) is 0.911. The van der Waals surface area contributed by atoms with Gasteiger partial charge >= 0.3 is 0 Å². The van der Waals surface area contributed by atoms with Crippen LogP contribution in [0.2, 0.25) is 0 Å². The van der Waals surface area contributed by atoms with Crippen LogP contribution in [0.4, 0.5) is 13.2 Å². The van der Waals surface area contributed by atoms with E-state index in [4.69, 9.17) is 0 Å². The number of benzene rings is 2. The first-order valence-corrected chi connectivity index (χ1v) is 9.38. The molecule has 0 aliphatic heterocycles. The second kappa shape index (κ2) is 8.43. The summed E-state index contributed by atoms with van der Waals surface area (Å²) in [4.78, 5) is 21.2. The van der Waals surface area contributed by atoms with Crippen molar-refractivity contribution in [1.29, 1.82) is 0 Å². The number of hydrogen-bond donors (Lipinski definition) is 1. The first-order valence-electron chi connectivity index (χ1n) is 9.38. The molecule has 1 unspecified atom stereocenters. The number of rotatable bonds is 5. The van der Waals surface area contributed by atoms with E-state index in [9.17, 15) is 18.0 Å². The van der Waals surface area contributed by atoms with Gasteiger partial charge in [0.05, 0.1) is 16.8 Å². The summed E-state index contributed by atoms with van der Waals surface area (Å²) in [5, 5.41) is 2.64. The predicted octanol–water partition coefficient (Wildman–Crippen LogP) is 4.42. The van der Waals surface area contributed by atoms with Crippen molar-refractivity contribution < 1.29 is 18.0 Å². The fourth-order valence-corrected chi connectivity index (χ4v) is 3.27. The van der Waals surface area contributed by atoms with E-state index < -0.39 is 29.4 Å². The minimum Gasteiger partial charge on any atom is -0.338 e. The van der Waals surface area contributed by atoms with Gasteiger partial charge in [0.25, 0.3) is 5.91 Å². The van der Waals surface area contributed by atoms with Gasteiger partial charge in [0, 0.05) is 31.2 Å². The van der Waals surface area contributed by atoms with E-state index in [1.54, 1.807) is 36.0 Å². The van der Waals surface area contributed by atoms with Crippen molar-refractivity contribution in [2.24, 2.45) is 7.05 Å². The van der Waals surface area contributed by atoms with Crippen molar-refractivity contribution in [2.75, 3.05) is 0 Å². The first-order chi connectivity index (χ1) is 14.9. The molecule has 0 radical (unpaired) electrons. The predicted molar refractivity (Wildman–Crippen MR) is 109 cm³/mol. The molecule has 2 aromatic carbocycles. The Hall–Kier alpha value is -3.94. The lowest BCUT2D eigenvalue weighted by Gasteiger charge is -2.20. The molecule has 1 N–H and O–H groups in total. The Morgan fingerprint density at radius 3 is 2.35 bits per heavy atom. The third kappa shape index (κ3) is 4.18. The Morgan fingerprint density at radius 1 is 1.00 bits per heavy atom. The Kier molecular flexibility index (Phi) is 5.53. The van der Waals surface area contributed by atoms with E-state index in [1.807, 2.05) is 0 Å². The molecule has 0 bridgehead atoms. The Morgan fingerprint density at radius 2 is 1.74 bits per heavy atom. The molecule has 8 heteroatoms. The second-order valence-electron chi connectivity index (χ2n) is 6.88. The van der Waals surface area contributed by atoms with Crippen LogP contribution in [0.25, 0.3) is 11.3 Å². The van der Waals surface area contributed by atoms with E-state index in [-0.39, 0.29) is 17.0 Å². The molecular formula is C23H17F3N4O. The summed E-state index contributed by atoms with van der Waals surface area (Å²) in [6, 6.07) is 11.3. The summed E-state index contributed by atoms with van der Waals surface area (Å²) in [6.07, 6.45) is 4.41. The van der Waals surface area contributed by atoms with Gasteiger partial charge in [-0.1, -0.05) is 18.2 Å². The highest BCUT2D eigenvalue weighted by Gasteiger charge is 2.27. The van der Waals surface area contributed by atoms with Gasteiger partial charge in [-0.05, 0) is 36.4 Å². The van der Waals surface area contributed by atoms with Crippen LogP contribution in [-0.4, -0.2) is 20.4 Å². The zero-order valence-electron chi connectivity index (χ0n) is 16.4. The molecule has 0 saturated heterocycles. The average molecular weight is 422 g/mol. The van der Waals surface area contributed by atoms with Gasteiger partial charge in [0.1, 0.15) is 29.3 Å². The molecule has 0 aliphatic rings. The van der Waals surface area contributed by atoms with Crippen molar-refractivity contribution in [2.45, 2.75) is 6.04 Å². The zero-order chi connectivity index (χ0) is 22.0. The van der Waals surface area contributed by atoms with E-state index >= 15 is 0 Å². The normalized spacial score (nSPS) is 11.9. The van der Waals surface area contributed by atoms with Crippen LogP contribution < -0.4 is 5.32 Å². The van der Waals surface area contributed by atoms with Gasteiger partial charge in [0.2, 0.25) is 0 Å². The maximum Gasteiger partial charge on any atom is 0.253 e. The lowest BCUT2D eigenvalue weighted by molar-refractivity contribution is 0.0939. The Balaban J connectivity index is 1.65. The number of nitrogens with zero attached hydrogens (tertiary/aromatic N) is 3. The molecule has 2 aromatic heterocycles. The van der Waals surface area contributed by atoms with Gasteiger partial charge in [-0.3, -0.25) is 9.78 Å².